The molecule has 0 atom stereocenters. The number of rotatable bonds is 5. The van der Waals surface area contributed by atoms with Crippen molar-refractivity contribution in [2.75, 3.05) is 19.6 Å². The van der Waals surface area contributed by atoms with Gasteiger partial charge in [0, 0.05) is 31.0 Å². The minimum absolute atomic E-state index is 0.0993. The lowest BCUT2D eigenvalue weighted by molar-refractivity contribution is 0.0935. The Kier molecular flexibility index (Phi) is 6.29. The van der Waals surface area contributed by atoms with E-state index < -0.39 is 0 Å². The van der Waals surface area contributed by atoms with Gasteiger partial charge in [0.2, 0.25) is 0 Å². The Labute approximate surface area is 158 Å². The summed E-state index contributed by atoms with van der Waals surface area (Å²) < 4.78 is 0. The Morgan fingerprint density at radius 2 is 1.84 bits per heavy atom. The van der Waals surface area contributed by atoms with Crippen LogP contribution in [0.15, 0.2) is 42.7 Å². The first-order chi connectivity index (χ1) is 12.1. The Morgan fingerprint density at radius 1 is 1.12 bits per heavy atom. The number of piperidine rings is 1. The van der Waals surface area contributed by atoms with Gasteiger partial charge >= 0.3 is 0 Å². The quantitative estimate of drug-likeness (QED) is 0.855. The lowest BCUT2D eigenvalue weighted by atomic mass is 9.96. The second-order valence-electron chi connectivity index (χ2n) is 6.41. The highest BCUT2D eigenvalue weighted by Gasteiger charge is 2.20. The molecule has 1 aliphatic heterocycles. The van der Waals surface area contributed by atoms with E-state index in [4.69, 9.17) is 23.2 Å². The summed E-state index contributed by atoms with van der Waals surface area (Å²) >= 11 is 11.9. The summed E-state index contributed by atoms with van der Waals surface area (Å²) in [5.41, 5.74) is 1.84. The van der Waals surface area contributed by atoms with Crippen molar-refractivity contribution in [3.05, 3.63) is 63.9 Å². The van der Waals surface area contributed by atoms with Gasteiger partial charge in [-0.25, -0.2) is 0 Å². The molecule has 1 fully saturated rings. The number of nitrogens with one attached hydrogen (secondary N) is 1. The van der Waals surface area contributed by atoms with Gasteiger partial charge in [0.25, 0.3) is 5.91 Å². The maximum atomic E-state index is 12.2. The fourth-order valence-corrected chi connectivity index (χ4v) is 3.37. The average molecular weight is 378 g/mol. The molecule has 1 N–H and O–H groups in total. The van der Waals surface area contributed by atoms with Crippen LogP contribution in [0.1, 0.15) is 28.8 Å². The highest BCUT2D eigenvalue weighted by Crippen LogP contribution is 2.23. The standard InChI is InChI=1S/C19H21Cl2N3O/c20-17-2-1-16(11-18(17)21)19(25)23-12-14-5-9-24(10-6-14)13-15-3-7-22-8-4-15/h1-4,7-8,11,14H,5-6,9-10,12-13H2,(H,23,25). The Bertz CT molecular complexity index is 716. The van der Waals surface area contributed by atoms with Crippen molar-refractivity contribution < 1.29 is 4.79 Å². The van der Waals surface area contributed by atoms with Gasteiger partial charge in [0.1, 0.15) is 0 Å². The number of benzene rings is 1. The van der Waals surface area contributed by atoms with E-state index in [1.807, 2.05) is 12.4 Å². The molecule has 2 aromatic rings. The minimum atomic E-state index is -0.0993. The van der Waals surface area contributed by atoms with Gasteiger partial charge in [-0.05, 0) is 67.7 Å². The number of halogens is 2. The molecule has 132 valence electrons. The highest BCUT2D eigenvalue weighted by atomic mass is 35.5. The first kappa shape index (κ1) is 18.2. The zero-order valence-electron chi connectivity index (χ0n) is 13.9. The van der Waals surface area contributed by atoms with Gasteiger partial charge in [-0.15, -0.1) is 0 Å². The second-order valence-corrected chi connectivity index (χ2v) is 7.23. The summed E-state index contributed by atoms with van der Waals surface area (Å²) in [6, 6.07) is 9.07. The summed E-state index contributed by atoms with van der Waals surface area (Å²) in [6.45, 7) is 3.76. The number of aromatic nitrogens is 1. The molecule has 25 heavy (non-hydrogen) atoms. The van der Waals surface area contributed by atoms with Crippen LogP contribution in [0.25, 0.3) is 0 Å². The highest BCUT2D eigenvalue weighted by molar-refractivity contribution is 6.42. The monoisotopic (exact) mass is 377 g/mol. The van der Waals surface area contributed by atoms with Crippen molar-refractivity contribution in [2.45, 2.75) is 19.4 Å². The molecule has 3 rings (SSSR count). The molecular weight excluding hydrogens is 357 g/mol. The molecule has 1 aliphatic rings. The Morgan fingerprint density at radius 3 is 2.52 bits per heavy atom. The number of likely N-dealkylation sites (tertiary alicyclic amines) is 1. The van der Waals surface area contributed by atoms with Crippen LogP contribution in [-0.2, 0) is 6.54 Å². The number of hydrogen-bond acceptors (Lipinski definition) is 3. The van der Waals surface area contributed by atoms with Crippen LogP contribution in [0.4, 0.5) is 0 Å². The molecule has 1 amide bonds. The van der Waals surface area contributed by atoms with Crippen molar-refractivity contribution in [1.29, 1.82) is 0 Å². The third kappa shape index (κ3) is 5.18. The molecule has 1 saturated heterocycles. The number of nitrogens with zero attached hydrogens (tertiary/aromatic N) is 2. The molecule has 2 heterocycles. The Balaban J connectivity index is 1.43. The normalized spacial score (nSPS) is 15.9. The van der Waals surface area contributed by atoms with E-state index in [-0.39, 0.29) is 5.91 Å². The van der Waals surface area contributed by atoms with E-state index in [2.05, 4.69) is 27.3 Å². The van der Waals surface area contributed by atoms with Crippen LogP contribution in [0, 0.1) is 5.92 Å². The predicted molar refractivity (Wildman–Crippen MR) is 101 cm³/mol. The zero-order valence-corrected chi connectivity index (χ0v) is 15.4. The van der Waals surface area contributed by atoms with Gasteiger partial charge in [-0.1, -0.05) is 23.2 Å². The zero-order chi connectivity index (χ0) is 17.6. The lowest BCUT2D eigenvalue weighted by Crippen LogP contribution is -2.38. The van der Waals surface area contributed by atoms with Gasteiger partial charge in [-0.3, -0.25) is 14.7 Å². The molecule has 4 nitrogen and oxygen atoms in total. The number of pyridine rings is 1. The number of amides is 1. The molecule has 0 spiro atoms. The smallest absolute Gasteiger partial charge is 0.251 e. The predicted octanol–water partition coefficient (Wildman–Crippen LogP) is 4.03. The third-order valence-corrected chi connectivity index (χ3v) is 5.33. The average Bonchev–Trinajstić information content (AvgIpc) is 2.64. The third-order valence-electron chi connectivity index (χ3n) is 4.60. The van der Waals surface area contributed by atoms with Crippen LogP contribution in [0.3, 0.4) is 0 Å². The summed E-state index contributed by atoms with van der Waals surface area (Å²) in [6.07, 6.45) is 5.85. The van der Waals surface area contributed by atoms with Crippen molar-refractivity contribution >= 4 is 29.1 Å². The SMILES string of the molecule is O=C(NCC1CCN(Cc2ccncc2)CC1)c1ccc(Cl)c(Cl)c1. The van der Waals surface area contributed by atoms with Crippen molar-refractivity contribution in [2.24, 2.45) is 5.92 Å². The van der Waals surface area contributed by atoms with E-state index in [0.717, 1.165) is 32.5 Å². The fourth-order valence-electron chi connectivity index (χ4n) is 3.07. The van der Waals surface area contributed by atoms with Crippen LogP contribution in [0.2, 0.25) is 10.0 Å². The van der Waals surface area contributed by atoms with Crippen LogP contribution >= 0.6 is 23.2 Å². The molecular formula is C19H21Cl2N3O. The number of carbonyl (C=O) groups excluding carboxylic acids is 1. The first-order valence-corrected chi connectivity index (χ1v) is 9.22. The molecule has 1 aromatic heterocycles. The van der Waals surface area contributed by atoms with Crippen LogP contribution in [0.5, 0.6) is 0 Å². The molecule has 0 radical (unpaired) electrons. The maximum absolute atomic E-state index is 12.2. The molecule has 1 aromatic carbocycles. The number of carbonyl (C=O) groups is 1. The summed E-state index contributed by atoms with van der Waals surface area (Å²) in [7, 11) is 0. The van der Waals surface area contributed by atoms with Gasteiger partial charge in [0.05, 0.1) is 10.0 Å². The van der Waals surface area contributed by atoms with E-state index >= 15 is 0 Å². The second kappa shape index (κ2) is 8.65. The van der Waals surface area contributed by atoms with Gasteiger partial charge in [-0.2, -0.15) is 0 Å². The van der Waals surface area contributed by atoms with E-state index in [0.29, 0.717) is 28.1 Å². The summed E-state index contributed by atoms with van der Waals surface area (Å²) in [5.74, 6) is 0.415. The molecule has 0 saturated carbocycles. The molecule has 6 heteroatoms. The topological polar surface area (TPSA) is 45.2 Å². The maximum Gasteiger partial charge on any atom is 0.251 e. The van der Waals surface area contributed by atoms with Crippen molar-refractivity contribution in [1.82, 2.24) is 15.2 Å². The first-order valence-electron chi connectivity index (χ1n) is 8.46. The van der Waals surface area contributed by atoms with E-state index in [1.54, 1.807) is 18.2 Å². The molecule has 0 unspecified atom stereocenters. The van der Waals surface area contributed by atoms with Crippen LogP contribution < -0.4 is 5.32 Å². The van der Waals surface area contributed by atoms with Gasteiger partial charge < -0.3 is 5.32 Å². The molecule has 0 bridgehead atoms. The van der Waals surface area contributed by atoms with Crippen LogP contribution in [-0.4, -0.2) is 35.4 Å². The minimum Gasteiger partial charge on any atom is -0.352 e. The van der Waals surface area contributed by atoms with Gasteiger partial charge in [0.15, 0.2) is 0 Å². The molecule has 0 aliphatic carbocycles. The largest absolute Gasteiger partial charge is 0.352 e. The lowest BCUT2D eigenvalue weighted by Gasteiger charge is -2.32. The Hall–Kier alpha value is -1.62. The van der Waals surface area contributed by atoms with Crippen molar-refractivity contribution in [3.63, 3.8) is 0 Å². The summed E-state index contributed by atoms with van der Waals surface area (Å²) in [5, 5.41) is 3.87. The number of hydrogen-bond donors (Lipinski definition) is 1. The summed E-state index contributed by atoms with van der Waals surface area (Å²) in [4.78, 5) is 18.7. The van der Waals surface area contributed by atoms with E-state index in [9.17, 15) is 4.79 Å². The fraction of sp³-hybridized carbons (Fsp3) is 0.368. The van der Waals surface area contributed by atoms with E-state index in [1.165, 1.54) is 5.56 Å². The van der Waals surface area contributed by atoms with Crippen molar-refractivity contribution in [3.8, 4) is 0 Å².